The average molecular weight is 422 g/mol. The monoisotopic (exact) mass is 421 g/mol. The van der Waals surface area contributed by atoms with E-state index in [4.69, 9.17) is 9.72 Å². The summed E-state index contributed by atoms with van der Waals surface area (Å²) in [4.78, 5) is 4.89. The number of ether oxygens (including phenoxy) is 1. The molecule has 0 fully saturated rings. The molecule has 154 valence electrons. The predicted octanol–water partition coefficient (Wildman–Crippen LogP) is 4.82. The lowest BCUT2D eigenvalue weighted by Crippen LogP contribution is -2.13. The first kappa shape index (κ1) is 20.0. The molecule has 0 unspecified atom stereocenters. The van der Waals surface area contributed by atoms with Gasteiger partial charge in [0.1, 0.15) is 11.4 Å². The Morgan fingerprint density at radius 3 is 2.50 bits per heavy atom. The van der Waals surface area contributed by atoms with Crippen LogP contribution in [0.1, 0.15) is 18.1 Å². The van der Waals surface area contributed by atoms with Gasteiger partial charge in [0.15, 0.2) is 0 Å². The van der Waals surface area contributed by atoms with Crippen LogP contribution in [0.15, 0.2) is 71.9 Å². The van der Waals surface area contributed by atoms with Crippen LogP contribution in [0.4, 0.5) is 5.69 Å². The number of aromatic nitrogens is 2. The van der Waals surface area contributed by atoms with Crippen molar-refractivity contribution in [3.05, 3.63) is 78.1 Å². The van der Waals surface area contributed by atoms with Crippen LogP contribution in [0.2, 0.25) is 0 Å². The molecule has 1 N–H and O–H groups in total. The highest BCUT2D eigenvalue weighted by Gasteiger charge is 2.16. The summed E-state index contributed by atoms with van der Waals surface area (Å²) in [5, 5.41) is 0. The smallest absolute Gasteiger partial charge is 0.261 e. The summed E-state index contributed by atoms with van der Waals surface area (Å²) >= 11 is 0. The van der Waals surface area contributed by atoms with Crippen LogP contribution >= 0.6 is 0 Å². The number of fused-ring (bicyclic) bond motifs is 1. The highest BCUT2D eigenvalue weighted by Crippen LogP contribution is 2.28. The first-order valence-corrected chi connectivity index (χ1v) is 11.2. The molecule has 0 aliphatic rings. The van der Waals surface area contributed by atoms with Crippen molar-refractivity contribution in [2.24, 2.45) is 0 Å². The number of hydrogen-bond acceptors (Lipinski definition) is 4. The molecule has 0 saturated carbocycles. The number of nitrogens with zero attached hydrogens (tertiary/aromatic N) is 2. The largest absolute Gasteiger partial charge is 0.494 e. The standard InChI is InChI=1S/C23H23N3O3S/c1-4-29-19-9-11-20(12-10-19)30(27,28)25-21-14-18(8-7-16(21)2)22-15-26-13-5-6-17(3)23(26)24-22/h5-15,25H,4H2,1-3H3. The van der Waals surface area contributed by atoms with E-state index in [2.05, 4.69) is 4.72 Å². The molecule has 0 atom stereocenters. The predicted molar refractivity (Wildman–Crippen MR) is 119 cm³/mol. The SMILES string of the molecule is CCOc1ccc(S(=O)(=O)Nc2cc(-c3cn4cccc(C)c4n3)ccc2C)cc1. The highest BCUT2D eigenvalue weighted by atomic mass is 32.2. The van der Waals surface area contributed by atoms with Crippen LogP contribution in [0.25, 0.3) is 16.9 Å². The van der Waals surface area contributed by atoms with E-state index < -0.39 is 10.0 Å². The number of nitrogens with one attached hydrogen (secondary N) is 1. The molecule has 2 aromatic carbocycles. The van der Waals surface area contributed by atoms with Crippen molar-refractivity contribution in [3.8, 4) is 17.0 Å². The summed E-state index contributed by atoms with van der Waals surface area (Å²) in [6, 6.07) is 16.0. The fourth-order valence-electron chi connectivity index (χ4n) is 3.27. The van der Waals surface area contributed by atoms with Gasteiger partial charge in [-0.2, -0.15) is 0 Å². The zero-order chi connectivity index (χ0) is 21.3. The van der Waals surface area contributed by atoms with Gasteiger partial charge in [-0.05, 0) is 68.3 Å². The van der Waals surface area contributed by atoms with Crippen molar-refractivity contribution in [2.75, 3.05) is 11.3 Å². The van der Waals surface area contributed by atoms with Crippen molar-refractivity contribution in [3.63, 3.8) is 0 Å². The highest BCUT2D eigenvalue weighted by molar-refractivity contribution is 7.92. The second-order valence-electron chi connectivity index (χ2n) is 7.09. The van der Waals surface area contributed by atoms with Gasteiger partial charge in [-0.25, -0.2) is 13.4 Å². The Kier molecular flexibility index (Phi) is 5.22. The van der Waals surface area contributed by atoms with E-state index in [1.165, 1.54) is 12.1 Å². The van der Waals surface area contributed by atoms with Gasteiger partial charge < -0.3 is 9.14 Å². The molecule has 2 heterocycles. The van der Waals surface area contributed by atoms with Crippen LogP contribution in [0, 0.1) is 13.8 Å². The van der Waals surface area contributed by atoms with Crippen molar-refractivity contribution >= 4 is 21.4 Å². The molecule has 6 nitrogen and oxygen atoms in total. The maximum absolute atomic E-state index is 12.9. The molecule has 0 saturated heterocycles. The second-order valence-corrected chi connectivity index (χ2v) is 8.77. The van der Waals surface area contributed by atoms with E-state index in [-0.39, 0.29) is 4.90 Å². The van der Waals surface area contributed by atoms with Crippen LogP contribution < -0.4 is 9.46 Å². The summed E-state index contributed by atoms with van der Waals surface area (Å²) < 4.78 is 35.8. The summed E-state index contributed by atoms with van der Waals surface area (Å²) in [6.07, 6.45) is 3.89. The molecule has 2 aromatic heterocycles. The number of pyridine rings is 1. The maximum Gasteiger partial charge on any atom is 0.261 e. The summed E-state index contributed by atoms with van der Waals surface area (Å²) in [5.74, 6) is 0.636. The third-order valence-corrected chi connectivity index (χ3v) is 6.28. The minimum Gasteiger partial charge on any atom is -0.494 e. The van der Waals surface area contributed by atoms with E-state index in [0.29, 0.717) is 18.0 Å². The Morgan fingerprint density at radius 2 is 1.80 bits per heavy atom. The van der Waals surface area contributed by atoms with Crippen molar-refractivity contribution in [1.82, 2.24) is 9.38 Å². The number of rotatable bonds is 6. The van der Waals surface area contributed by atoms with E-state index in [1.807, 2.05) is 67.9 Å². The van der Waals surface area contributed by atoms with Gasteiger partial charge in [0.2, 0.25) is 0 Å². The number of imidazole rings is 1. The van der Waals surface area contributed by atoms with E-state index in [1.54, 1.807) is 12.1 Å². The van der Waals surface area contributed by atoms with E-state index in [0.717, 1.165) is 28.0 Å². The van der Waals surface area contributed by atoms with Gasteiger partial charge in [0.05, 0.1) is 22.9 Å². The van der Waals surface area contributed by atoms with Crippen LogP contribution in [0.3, 0.4) is 0 Å². The molecule has 4 aromatic rings. The topological polar surface area (TPSA) is 72.7 Å². The van der Waals surface area contributed by atoms with Gasteiger partial charge in [0, 0.05) is 18.0 Å². The lowest BCUT2D eigenvalue weighted by molar-refractivity contribution is 0.340. The average Bonchev–Trinajstić information content (AvgIpc) is 3.16. The Bertz CT molecular complexity index is 1310. The molecule has 0 spiro atoms. The fraction of sp³-hybridized carbons (Fsp3) is 0.174. The summed E-state index contributed by atoms with van der Waals surface area (Å²) in [5.41, 5.74) is 4.93. The third kappa shape index (κ3) is 3.89. The van der Waals surface area contributed by atoms with Gasteiger partial charge >= 0.3 is 0 Å². The quantitative estimate of drug-likeness (QED) is 0.485. The Labute approximate surface area is 176 Å². The van der Waals surface area contributed by atoms with Crippen molar-refractivity contribution in [2.45, 2.75) is 25.7 Å². The maximum atomic E-state index is 12.9. The van der Waals surface area contributed by atoms with Crippen molar-refractivity contribution in [1.29, 1.82) is 0 Å². The second kappa shape index (κ2) is 7.84. The normalized spacial score (nSPS) is 11.6. The third-order valence-electron chi connectivity index (χ3n) is 4.90. The molecule has 30 heavy (non-hydrogen) atoms. The number of hydrogen-bond donors (Lipinski definition) is 1. The van der Waals surface area contributed by atoms with Gasteiger partial charge in [0.25, 0.3) is 10.0 Å². The van der Waals surface area contributed by atoms with Gasteiger partial charge in [-0.3, -0.25) is 4.72 Å². The lowest BCUT2D eigenvalue weighted by atomic mass is 10.1. The van der Waals surface area contributed by atoms with Crippen LogP contribution in [-0.4, -0.2) is 24.4 Å². The summed E-state index contributed by atoms with van der Waals surface area (Å²) in [7, 11) is -3.73. The Morgan fingerprint density at radius 1 is 1.03 bits per heavy atom. The van der Waals surface area contributed by atoms with E-state index >= 15 is 0 Å². The zero-order valence-electron chi connectivity index (χ0n) is 17.1. The molecular weight excluding hydrogens is 398 g/mol. The number of aryl methyl sites for hydroxylation is 2. The summed E-state index contributed by atoms with van der Waals surface area (Å²) in [6.45, 7) is 6.29. The van der Waals surface area contributed by atoms with Gasteiger partial charge in [-0.15, -0.1) is 0 Å². The molecule has 7 heteroatoms. The van der Waals surface area contributed by atoms with Crippen LogP contribution in [-0.2, 0) is 10.0 Å². The molecule has 0 radical (unpaired) electrons. The molecule has 0 bridgehead atoms. The molecule has 0 aliphatic heterocycles. The Balaban J connectivity index is 1.66. The fourth-order valence-corrected chi connectivity index (χ4v) is 4.39. The van der Waals surface area contributed by atoms with Gasteiger partial charge in [-0.1, -0.05) is 18.2 Å². The first-order valence-electron chi connectivity index (χ1n) is 9.68. The number of benzene rings is 2. The molecule has 0 aliphatic carbocycles. The van der Waals surface area contributed by atoms with Crippen molar-refractivity contribution < 1.29 is 13.2 Å². The number of anilines is 1. The zero-order valence-corrected chi connectivity index (χ0v) is 17.9. The minimum absolute atomic E-state index is 0.180. The molecule has 4 rings (SSSR count). The Hall–Kier alpha value is -3.32. The molecular formula is C23H23N3O3S. The van der Waals surface area contributed by atoms with E-state index in [9.17, 15) is 8.42 Å². The lowest BCUT2D eigenvalue weighted by Gasteiger charge is -2.12. The molecule has 0 amide bonds. The first-order chi connectivity index (χ1) is 14.4. The van der Waals surface area contributed by atoms with Crippen LogP contribution in [0.5, 0.6) is 5.75 Å². The minimum atomic E-state index is -3.73. The number of sulfonamides is 1.